The Labute approximate surface area is 124 Å². The van der Waals surface area contributed by atoms with E-state index in [0.29, 0.717) is 38.5 Å². The summed E-state index contributed by atoms with van der Waals surface area (Å²) in [6.45, 7) is 1.32. The maximum absolute atomic E-state index is 12.5. The summed E-state index contributed by atoms with van der Waals surface area (Å²) in [6, 6.07) is 0.320. The summed E-state index contributed by atoms with van der Waals surface area (Å²) < 4.78 is 0. The lowest BCUT2D eigenvalue weighted by atomic mass is 10.1. The summed E-state index contributed by atoms with van der Waals surface area (Å²) >= 11 is 0. The van der Waals surface area contributed by atoms with Gasteiger partial charge in [0.2, 0.25) is 11.8 Å². The average molecular weight is 294 g/mol. The second kappa shape index (κ2) is 5.66. The molecule has 0 aromatic heterocycles. The van der Waals surface area contributed by atoms with E-state index in [-0.39, 0.29) is 17.7 Å². The van der Waals surface area contributed by atoms with Gasteiger partial charge in [0.05, 0.1) is 11.8 Å². The predicted octanol–water partition coefficient (Wildman–Crippen LogP) is 0.711. The van der Waals surface area contributed by atoms with Crippen molar-refractivity contribution in [2.45, 2.75) is 44.6 Å². The minimum Gasteiger partial charge on any atom is -0.481 e. The lowest BCUT2D eigenvalue weighted by Gasteiger charge is -2.25. The highest BCUT2D eigenvalue weighted by molar-refractivity contribution is 5.90. The van der Waals surface area contributed by atoms with Crippen molar-refractivity contribution in [3.63, 3.8) is 0 Å². The molecule has 2 saturated heterocycles. The SMILES string of the molecule is O=C(O)[C@@H]1CCN(C(=O)[C@H]2CC(=O)N(C3CCCC3)C2)C1. The third-order valence-electron chi connectivity index (χ3n) is 5.12. The summed E-state index contributed by atoms with van der Waals surface area (Å²) in [7, 11) is 0. The molecule has 1 saturated carbocycles. The lowest BCUT2D eigenvalue weighted by Crippen LogP contribution is -2.38. The fraction of sp³-hybridized carbons (Fsp3) is 0.800. The predicted molar refractivity (Wildman–Crippen MR) is 74.4 cm³/mol. The summed E-state index contributed by atoms with van der Waals surface area (Å²) in [6.07, 6.45) is 5.26. The van der Waals surface area contributed by atoms with Gasteiger partial charge < -0.3 is 14.9 Å². The van der Waals surface area contributed by atoms with E-state index in [2.05, 4.69) is 0 Å². The van der Waals surface area contributed by atoms with E-state index < -0.39 is 11.9 Å². The van der Waals surface area contributed by atoms with Gasteiger partial charge in [0.15, 0.2) is 0 Å². The topological polar surface area (TPSA) is 77.9 Å². The molecule has 0 spiro atoms. The molecule has 1 aliphatic carbocycles. The molecule has 6 heteroatoms. The van der Waals surface area contributed by atoms with Gasteiger partial charge >= 0.3 is 5.97 Å². The van der Waals surface area contributed by atoms with Crippen LogP contribution in [0.5, 0.6) is 0 Å². The summed E-state index contributed by atoms with van der Waals surface area (Å²) in [4.78, 5) is 39.1. The van der Waals surface area contributed by atoms with Crippen molar-refractivity contribution in [1.82, 2.24) is 9.80 Å². The second-order valence-electron chi connectivity index (χ2n) is 6.49. The molecule has 0 unspecified atom stereocenters. The Morgan fingerprint density at radius 3 is 2.38 bits per heavy atom. The molecule has 1 N–H and O–H groups in total. The number of likely N-dealkylation sites (tertiary alicyclic amines) is 2. The molecule has 6 nitrogen and oxygen atoms in total. The van der Waals surface area contributed by atoms with Crippen molar-refractivity contribution in [3.8, 4) is 0 Å². The van der Waals surface area contributed by atoms with Crippen LogP contribution in [0, 0.1) is 11.8 Å². The summed E-state index contributed by atoms with van der Waals surface area (Å²) in [5, 5.41) is 9.01. The second-order valence-corrected chi connectivity index (χ2v) is 6.49. The molecule has 2 heterocycles. The summed E-state index contributed by atoms with van der Waals surface area (Å²) in [5.41, 5.74) is 0. The molecule has 21 heavy (non-hydrogen) atoms. The number of carbonyl (C=O) groups is 3. The molecular formula is C15H22N2O4. The normalized spacial score (nSPS) is 30.4. The highest BCUT2D eigenvalue weighted by Gasteiger charge is 2.42. The first-order valence-corrected chi connectivity index (χ1v) is 7.87. The number of rotatable bonds is 3. The first kappa shape index (κ1) is 14.4. The molecule has 3 fully saturated rings. The van der Waals surface area contributed by atoms with E-state index >= 15 is 0 Å². The molecule has 0 aromatic carbocycles. The maximum Gasteiger partial charge on any atom is 0.308 e. The maximum atomic E-state index is 12.5. The molecule has 0 bridgehead atoms. The Kier molecular flexibility index (Phi) is 3.87. The van der Waals surface area contributed by atoms with E-state index in [1.165, 1.54) is 12.8 Å². The Morgan fingerprint density at radius 1 is 1.05 bits per heavy atom. The Bertz CT molecular complexity index is 459. The van der Waals surface area contributed by atoms with Gasteiger partial charge in [-0.1, -0.05) is 12.8 Å². The number of nitrogens with zero attached hydrogens (tertiary/aromatic N) is 2. The van der Waals surface area contributed by atoms with Gasteiger partial charge in [-0.25, -0.2) is 0 Å². The van der Waals surface area contributed by atoms with E-state index in [1.807, 2.05) is 4.90 Å². The van der Waals surface area contributed by atoms with Crippen LogP contribution in [0.4, 0.5) is 0 Å². The minimum atomic E-state index is -0.833. The number of aliphatic carboxylic acids is 1. The fourth-order valence-electron chi connectivity index (χ4n) is 3.89. The number of carboxylic acids is 1. The van der Waals surface area contributed by atoms with Gasteiger partial charge in [0.25, 0.3) is 0 Å². The first-order valence-electron chi connectivity index (χ1n) is 7.87. The van der Waals surface area contributed by atoms with Crippen molar-refractivity contribution in [1.29, 1.82) is 0 Å². The smallest absolute Gasteiger partial charge is 0.308 e. The van der Waals surface area contributed by atoms with Crippen LogP contribution in [0.1, 0.15) is 38.5 Å². The van der Waals surface area contributed by atoms with Crippen LogP contribution in [0.25, 0.3) is 0 Å². The van der Waals surface area contributed by atoms with Crippen molar-refractivity contribution >= 4 is 17.8 Å². The zero-order valence-corrected chi connectivity index (χ0v) is 12.2. The van der Waals surface area contributed by atoms with Crippen molar-refractivity contribution in [2.75, 3.05) is 19.6 Å². The van der Waals surface area contributed by atoms with Gasteiger partial charge in [-0.15, -0.1) is 0 Å². The van der Waals surface area contributed by atoms with Gasteiger partial charge in [-0.3, -0.25) is 14.4 Å². The van der Waals surface area contributed by atoms with Crippen LogP contribution in [-0.4, -0.2) is 58.4 Å². The molecule has 2 atom stereocenters. The van der Waals surface area contributed by atoms with Crippen LogP contribution >= 0.6 is 0 Å². The zero-order chi connectivity index (χ0) is 15.0. The highest BCUT2D eigenvalue weighted by Crippen LogP contribution is 2.31. The molecule has 3 aliphatic rings. The van der Waals surface area contributed by atoms with Crippen molar-refractivity contribution in [3.05, 3.63) is 0 Å². The highest BCUT2D eigenvalue weighted by atomic mass is 16.4. The minimum absolute atomic E-state index is 0.0346. The average Bonchev–Trinajstić information content (AvgIpc) is 3.18. The van der Waals surface area contributed by atoms with Gasteiger partial charge in [0.1, 0.15) is 0 Å². The first-order chi connectivity index (χ1) is 10.1. The molecule has 2 aliphatic heterocycles. The van der Waals surface area contributed by atoms with Crippen molar-refractivity contribution < 1.29 is 19.5 Å². The molecule has 2 amide bonds. The lowest BCUT2D eigenvalue weighted by molar-refractivity contribution is -0.141. The van der Waals surface area contributed by atoms with Crippen LogP contribution < -0.4 is 0 Å². The van der Waals surface area contributed by atoms with E-state index in [4.69, 9.17) is 5.11 Å². The zero-order valence-electron chi connectivity index (χ0n) is 12.2. The van der Waals surface area contributed by atoms with Crippen LogP contribution in [0.2, 0.25) is 0 Å². The number of carbonyl (C=O) groups excluding carboxylic acids is 2. The fourth-order valence-corrected chi connectivity index (χ4v) is 3.89. The third kappa shape index (κ3) is 2.76. The van der Waals surface area contributed by atoms with Crippen molar-refractivity contribution in [2.24, 2.45) is 11.8 Å². The van der Waals surface area contributed by atoms with Gasteiger partial charge in [-0.2, -0.15) is 0 Å². The van der Waals surface area contributed by atoms with Crippen LogP contribution in [-0.2, 0) is 14.4 Å². The van der Waals surface area contributed by atoms with E-state index in [9.17, 15) is 14.4 Å². The monoisotopic (exact) mass is 294 g/mol. The van der Waals surface area contributed by atoms with Crippen LogP contribution in [0.3, 0.4) is 0 Å². The molecule has 0 radical (unpaired) electrons. The molecule has 116 valence electrons. The van der Waals surface area contributed by atoms with E-state index in [1.54, 1.807) is 4.90 Å². The van der Waals surface area contributed by atoms with Crippen LogP contribution in [0.15, 0.2) is 0 Å². The Morgan fingerprint density at radius 2 is 1.76 bits per heavy atom. The van der Waals surface area contributed by atoms with E-state index in [0.717, 1.165) is 12.8 Å². The van der Waals surface area contributed by atoms with Gasteiger partial charge in [-0.05, 0) is 19.3 Å². The Hall–Kier alpha value is -1.59. The van der Waals surface area contributed by atoms with Gasteiger partial charge in [0, 0.05) is 32.1 Å². The summed E-state index contributed by atoms with van der Waals surface area (Å²) in [5.74, 6) is -1.50. The Balaban J connectivity index is 1.59. The molecular weight excluding hydrogens is 272 g/mol. The molecule has 0 aromatic rings. The number of hydrogen-bond donors (Lipinski definition) is 1. The number of carboxylic acid groups (broad SMARTS) is 1. The quantitative estimate of drug-likeness (QED) is 0.831. The number of amides is 2. The molecule has 3 rings (SSSR count). The largest absolute Gasteiger partial charge is 0.481 e. The third-order valence-corrected chi connectivity index (χ3v) is 5.12. The number of hydrogen-bond acceptors (Lipinski definition) is 3. The standard InChI is InChI=1S/C15H22N2O4/c18-13-7-11(9-17(13)12-3-1-2-4-12)14(19)16-6-5-10(8-16)15(20)21/h10-12H,1-9H2,(H,20,21)/t10-,11+/m1/s1.